The van der Waals surface area contributed by atoms with Gasteiger partial charge in [-0.3, -0.25) is 0 Å². The van der Waals surface area contributed by atoms with Gasteiger partial charge in [0.05, 0.1) is 6.10 Å². The lowest BCUT2D eigenvalue weighted by Crippen LogP contribution is -2.33. The lowest BCUT2D eigenvalue weighted by Gasteiger charge is -2.27. The second kappa shape index (κ2) is 7.24. The number of hydrogen-bond donors (Lipinski definition) is 2. The molecular weight excluding hydrogens is 174 g/mol. The Bertz CT molecular complexity index is 136. The van der Waals surface area contributed by atoms with Gasteiger partial charge in [-0.2, -0.15) is 0 Å². The molecule has 0 heterocycles. The van der Waals surface area contributed by atoms with E-state index in [1.807, 2.05) is 0 Å². The van der Waals surface area contributed by atoms with Crippen LogP contribution in [0, 0.1) is 17.8 Å². The lowest BCUT2D eigenvalue weighted by molar-refractivity contribution is 0.0640. The third-order valence-corrected chi connectivity index (χ3v) is 3.05. The quantitative estimate of drug-likeness (QED) is 0.664. The van der Waals surface area contributed by atoms with Crippen molar-refractivity contribution in [1.29, 1.82) is 0 Å². The number of hydrogen-bond acceptors (Lipinski definition) is 2. The molecule has 0 aromatic heterocycles. The van der Waals surface area contributed by atoms with E-state index in [0.717, 1.165) is 6.42 Å². The third kappa shape index (κ3) is 4.97. The first kappa shape index (κ1) is 13.9. The SMILES string of the molecule is CCCC(C)CC(O)C(CN)C(C)C. The molecule has 3 unspecified atom stereocenters. The Morgan fingerprint density at radius 2 is 1.79 bits per heavy atom. The highest BCUT2D eigenvalue weighted by Crippen LogP contribution is 2.21. The summed E-state index contributed by atoms with van der Waals surface area (Å²) in [7, 11) is 0. The fourth-order valence-electron chi connectivity index (χ4n) is 2.07. The van der Waals surface area contributed by atoms with Crippen molar-refractivity contribution in [1.82, 2.24) is 0 Å². The fraction of sp³-hybridized carbons (Fsp3) is 1.00. The normalized spacial score (nSPS) is 18.2. The highest BCUT2D eigenvalue weighted by molar-refractivity contribution is 4.74. The molecule has 14 heavy (non-hydrogen) atoms. The summed E-state index contributed by atoms with van der Waals surface area (Å²) in [6.07, 6.45) is 3.07. The van der Waals surface area contributed by atoms with Crippen LogP contribution in [0.4, 0.5) is 0 Å². The van der Waals surface area contributed by atoms with Gasteiger partial charge in [-0.05, 0) is 30.7 Å². The molecule has 0 aliphatic carbocycles. The van der Waals surface area contributed by atoms with E-state index in [0.29, 0.717) is 18.4 Å². The first-order valence-electron chi connectivity index (χ1n) is 5.91. The molecule has 0 amide bonds. The standard InChI is InChI=1S/C12H27NO/c1-5-6-10(4)7-12(14)11(8-13)9(2)3/h9-12,14H,5-8,13H2,1-4H3. The van der Waals surface area contributed by atoms with E-state index in [2.05, 4.69) is 27.7 Å². The van der Waals surface area contributed by atoms with Gasteiger partial charge in [-0.1, -0.05) is 40.5 Å². The first-order valence-corrected chi connectivity index (χ1v) is 5.91. The molecule has 0 fully saturated rings. The van der Waals surface area contributed by atoms with Crippen molar-refractivity contribution in [3.05, 3.63) is 0 Å². The molecule has 2 nitrogen and oxygen atoms in total. The molecular formula is C12H27NO. The predicted octanol–water partition coefficient (Wildman–Crippen LogP) is 2.40. The van der Waals surface area contributed by atoms with E-state index in [1.165, 1.54) is 12.8 Å². The molecule has 2 heteroatoms. The Labute approximate surface area is 88.9 Å². The highest BCUT2D eigenvalue weighted by atomic mass is 16.3. The van der Waals surface area contributed by atoms with Gasteiger partial charge < -0.3 is 10.8 Å². The van der Waals surface area contributed by atoms with Crippen LogP contribution in [-0.4, -0.2) is 17.8 Å². The Morgan fingerprint density at radius 1 is 1.21 bits per heavy atom. The molecule has 86 valence electrons. The molecule has 0 aromatic rings. The summed E-state index contributed by atoms with van der Waals surface area (Å²) in [5.74, 6) is 1.35. The van der Waals surface area contributed by atoms with Crippen LogP contribution in [0.3, 0.4) is 0 Å². The first-order chi connectivity index (χ1) is 6.52. The van der Waals surface area contributed by atoms with Gasteiger partial charge in [0.15, 0.2) is 0 Å². The van der Waals surface area contributed by atoms with Gasteiger partial charge in [0, 0.05) is 0 Å². The zero-order chi connectivity index (χ0) is 11.1. The van der Waals surface area contributed by atoms with Crippen LogP contribution < -0.4 is 5.73 Å². The Hall–Kier alpha value is -0.0800. The van der Waals surface area contributed by atoms with Crippen molar-refractivity contribution in [2.75, 3.05) is 6.54 Å². The van der Waals surface area contributed by atoms with Crippen LogP contribution in [-0.2, 0) is 0 Å². The van der Waals surface area contributed by atoms with Gasteiger partial charge in [0.1, 0.15) is 0 Å². The summed E-state index contributed by atoms with van der Waals surface area (Å²) in [6, 6.07) is 0. The van der Waals surface area contributed by atoms with Crippen LogP contribution in [0.2, 0.25) is 0 Å². The maximum absolute atomic E-state index is 10.00. The topological polar surface area (TPSA) is 46.2 Å². The van der Waals surface area contributed by atoms with Gasteiger partial charge in [0.25, 0.3) is 0 Å². The molecule has 0 aliphatic rings. The average molecular weight is 201 g/mol. The van der Waals surface area contributed by atoms with Crippen LogP contribution in [0.25, 0.3) is 0 Å². The van der Waals surface area contributed by atoms with Crippen molar-refractivity contribution in [2.45, 2.75) is 53.1 Å². The van der Waals surface area contributed by atoms with E-state index in [1.54, 1.807) is 0 Å². The molecule has 0 spiro atoms. The van der Waals surface area contributed by atoms with Gasteiger partial charge in [-0.25, -0.2) is 0 Å². The Morgan fingerprint density at radius 3 is 2.14 bits per heavy atom. The molecule has 3 atom stereocenters. The molecule has 3 N–H and O–H groups in total. The molecule has 0 radical (unpaired) electrons. The van der Waals surface area contributed by atoms with E-state index in [-0.39, 0.29) is 12.0 Å². The summed E-state index contributed by atoms with van der Waals surface area (Å²) in [6.45, 7) is 9.25. The molecule has 0 aromatic carbocycles. The van der Waals surface area contributed by atoms with Crippen molar-refractivity contribution >= 4 is 0 Å². The molecule has 0 aliphatic heterocycles. The Balaban J connectivity index is 3.96. The van der Waals surface area contributed by atoms with Gasteiger partial charge >= 0.3 is 0 Å². The van der Waals surface area contributed by atoms with Crippen LogP contribution in [0.1, 0.15) is 47.0 Å². The second-order valence-corrected chi connectivity index (χ2v) is 4.84. The molecule has 0 bridgehead atoms. The van der Waals surface area contributed by atoms with Crippen molar-refractivity contribution in [2.24, 2.45) is 23.5 Å². The Kier molecular flexibility index (Phi) is 7.20. The maximum atomic E-state index is 10.00. The van der Waals surface area contributed by atoms with Gasteiger partial charge in [0.2, 0.25) is 0 Å². The van der Waals surface area contributed by atoms with E-state index in [4.69, 9.17) is 5.73 Å². The number of rotatable bonds is 7. The average Bonchev–Trinajstić information content (AvgIpc) is 2.04. The molecule has 0 saturated carbocycles. The minimum atomic E-state index is -0.221. The summed E-state index contributed by atoms with van der Waals surface area (Å²) >= 11 is 0. The maximum Gasteiger partial charge on any atom is 0.0585 e. The number of nitrogens with two attached hydrogens (primary N) is 1. The molecule has 0 rings (SSSR count). The number of aliphatic hydroxyl groups is 1. The van der Waals surface area contributed by atoms with E-state index < -0.39 is 0 Å². The zero-order valence-electron chi connectivity index (χ0n) is 10.2. The smallest absolute Gasteiger partial charge is 0.0585 e. The molecule has 0 saturated heterocycles. The minimum Gasteiger partial charge on any atom is -0.393 e. The monoisotopic (exact) mass is 201 g/mol. The summed E-state index contributed by atoms with van der Waals surface area (Å²) in [5.41, 5.74) is 5.66. The minimum absolute atomic E-state index is 0.221. The summed E-state index contributed by atoms with van der Waals surface area (Å²) < 4.78 is 0. The van der Waals surface area contributed by atoms with Crippen LogP contribution in [0.5, 0.6) is 0 Å². The van der Waals surface area contributed by atoms with Crippen LogP contribution in [0.15, 0.2) is 0 Å². The zero-order valence-corrected chi connectivity index (χ0v) is 10.2. The summed E-state index contributed by atoms with van der Waals surface area (Å²) in [5, 5.41) is 10.00. The van der Waals surface area contributed by atoms with Crippen LogP contribution >= 0.6 is 0 Å². The van der Waals surface area contributed by atoms with Crippen molar-refractivity contribution < 1.29 is 5.11 Å². The van der Waals surface area contributed by atoms with Gasteiger partial charge in [-0.15, -0.1) is 0 Å². The largest absolute Gasteiger partial charge is 0.393 e. The van der Waals surface area contributed by atoms with Crippen molar-refractivity contribution in [3.63, 3.8) is 0 Å². The third-order valence-electron chi connectivity index (χ3n) is 3.05. The summed E-state index contributed by atoms with van der Waals surface area (Å²) in [4.78, 5) is 0. The second-order valence-electron chi connectivity index (χ2n) is 4.84. The fourth-order valence-corrected chi connectivity index (χ4v) is 2.07. The predicted molar refractivity (Wildman–Crippen MR) is 62.1 cm³/mol. The number of aliphatic hydroxyl groups excluding tert-OH is 1. The highest BCUT2D eigenvalue weighted by Gasteiger charge is 2.22. The van der Waals surface area contributed by atoms with Crippen molar-refractivity contribution in [3.8, 4) is 0 Å². The lowest BCUT2D eigenvalue weighted by atomic mass is 9.85. The van der Waals surface area contributed by atoms with E-state index >= 15 is 0 Å². The van der Waals surface area contributed by atoms with E-state index in [9.17, 15) is 5.11 Å².